The van der Waals surface area contributed by atoms with Gasteiger partial charge in [0.15, 0.2) is 0 Å². The van der Waals surface area contributed by atoms with Crippen LogP contribution in [-0.4, -0.2) is 46.1 Å². The summed E-state index contributed by atoms with van der Waals surface area (Å²) in [4.78, 5) is 12.3. The Balaban J connectivity index is 3.76. The third kappa shape index (κ3) is 32.3. The van der Waals surface area contributed by atoms with Gasteiger partial charge in [-0.15, -0.1) is 0 Å². The van der Waals surface area contributed by atoms with Gasteiger partial charge in [0.2, 0.25) is 5.91 Å². The normalized spacial score (nSPS) is 14.2. The van der Waals surface area contributed by atoms with Gasteiger partial charge in [-0.25, -0.2) is 0 Å². The molecule has 3 unspecified atom stereocenters. The van der Waals surface area contributed by atoms with Gasteiger partial charge in [-0.05, 0) is 57.8 Å². The van der Waals surface area contributed by atoms with Crippen molar-refractivity contribution in [2.24, 2.45) is 0 Å². The van der Waals surface area contributed by atoms with Crippen LogP contribution < -0.4 is 5.32 Å². The molecule has 0 aromatic carbocycles. The molecule has 1 amide bonds. The first-order valence-corrected chi connectivity index (χ1v) is 19.3. The van der Waals surface area contributed by atoms with Crippen LogP contribution in [0.3, 0.4) is 0 Å². The van der Waals surface area contributed by atoms with Crippen LogP contribution in [0.25, 0.3) is 0 Å². The van der Waals surface area contributed by atoms with Crippen LogP contribution in [0.5, 0.6) is 0 Å². The van der Waals surface area contributed by atoms with Crippen LogP contribution in [0, 0.1) is 0 Å². The number of carbonyl (C=O) groups excluding carboxylic acids is 1. The zero-order valence-corrected chi connectivity index (χ0v) is 29.7. The summed E-state index contributed by atoms with van der Waals surface area (Å²) in [5, 5.41) is 33.0. The Bertz CT molecular complexity index is 704. The van der Waals surface area contributed by atoms with Crippen molar-refractivity contribution < 1.29 is 20.1 Å². The maximum Gasteiger partial charge on any atom is 0.222 e. The predicted molar refractivity (Wildman–Crippen MR) is 194 cm³/mol. The Hall–Kier alpha value is -1.43. The first-order chi connectivity index (χ1) is 22.0. The molecule has 5 heteroatoms. The average Bonchev–Trinajstić information content (AvgIpc) is 3.03. The molecule has 0 aliphatic carbocycles. The molecule has 3 atom stereocenters. The van der Waals surface area contributed by atoms with Crippen molar-refractivity contribution in [1.29, 1.82) is 0 Å². The minimum absolute atomic E-state index is 0.00559. The van der Waals surface area contributed by atoms with Crippen molar-refractivity contribution in [3.8, 4) is 0 Å². The highest BCUT2D eigenvalue weighted by Gasteiger charge is 2.20. The van der Waals surface area contributed by atoms with Crippen LogP contribution in [-0.2, 0) is 4.79 Å². The second-order valence-corrected chi connectivity index (χ2v) is 13.2. The lowest BCUT2D eigenvalue weighted by Crippen LogP contribution is -2.45. The van der Waals surface area contributed by atoms with Crippen molar-refractivity contribution in [2.75, 3.05) is 6.61 Å². The summed E-state index contributed by atoms with van der Waals surface area (Å²) in [6.07, 6.45) is 42.8. The summed E-state index contributed by atoms with van der Waals surface area (Å²) in [7, 11) is 0. The zero-order chi connectivity index (χ0) is 33.1. The Morgan fingerprint density at radius 3 is 1.47 bits per heavy atom. The molecule has 0 saturated heterocycles. The van der Waals surface area contributed by atoms with E-state index in [0.29, 0.717) is 6.42 Å². The molecule has 0 fully saturated rings. The van der Waals surface area contributed by atoms with E-state index in [1.165, 1.54) is 109 Å². The van der Waals surface area contributed by atoms with Gasteiger partial charge in [0.05, 0.1) is 31.3 Å². The second kappa shape index (κ2) is 35.4. The lowest BCUT2D eigenvalue weighted by molar-refractivity contribution is -0.124. The lowest BCUT2D eigenvalue weighted by atomic mass is 10.0. The molecule has 0 aliphatic heterocycles. The van der Waals surface area contributed by atoms with Gasteiger partial charge >= 0.3 is 0 Å². The summed E-state index contributed by atoms with van der Waals surface area (Å²) < 4.78 is 0. The standard InChI is InChI=1S/C40H75NO4/c1-3-5-7-9-11-13-15-16-17-18-19-20-21-22-23-24-26-28-30-32-34-39(44)38(36-42)41-40(45)35-37(43)33-31-29-27-25-14-12-10-8-6-4-2/h12,14,24,26,32,34,37-39,42-44H,3-11,13,15-23,25,27-31,33,35-36H2,1-2H3,(H,41,45)/b14-12-,26-24+,34-32+. The van der Waals surface area contributed by atoms with Crippen LogP contribution in [0.4, 0.5) is 0 Å². The fourth-order valence-electron chi connectivity index (χ4n) is 5.64. The van der Waals surface area contributed by atoms with E-state index in [-0.39, 0.29) is 18.9 Å². The maximum atomic E-state index is 12.3. The maximum absolute atomic E-state index is 12.3. The number of carbonyl (C=O) groups is 1. The Labute approximate surface area is 279 Å². The van der Waals surface area contributed by atoms with Gasteiger partial charge in [-0.1, -0.05) is 159 Å². The quantitative estimate of drug-likeness (QED) is 0.0419. The molecule has 0 heterocycles. The molecule has 0 aromatic heterocycles. The highest BCUT2D eigenvalue weighted by atomic mass is 16.3. The molecule has 0 aromatic rings. The summed E-state index contributed by atoms with van der Waals surface area (Å²) in [6.45, 7) is 4.15. The van der Waals surface area contributed by atoms with Crippen LogP contribution >= 0.6 is 0 Å². The Morgan fingerprint density at radius 2 is 0.956 bits per heavy atom. The van der Waals surface area contributed by atoms with E-state index in [4.69, 9.17) is 0 Å². The Kier molecular flexibility index (Phi) is 34.3. The SMILES string of the molecule is CCCCC/C=C\CCCCCC(O)CC(=O)NC(CO)C(O)/C=C/CC/C=C/CCCCCCCCCCCCCCCC. The molecule has 0 rings (SSSR count). The van der Waals surface area contributed by atoms with Gasteiger partial charge in [0.1, 0.15) is 0 Å². The second-order valence-electron chi connectivity index (χ2n) is 13.2. The number of amides is 1. The van der Waals surface area contributed by atoms with Crippen LogP contribution in [0.2, 0.25) is 0 Å². The van der Waals surface area contributed by atoms with E-state index in [1.807, 2.05) is 6.08 Å². The van der Waals surface area contributed by atoms with E-state index < -0.39 is 18.2 Å². The van der Waals surface area contributed by atoms with Crippen LogP contribution in [0.1, 0.15) is 187 Å². The number of hydrogen-bond donors (Lipinski definition) is 4. The Morgan fingerprint density at radius 1 is 0.556 bits per heavy atom. The molecule has 0 bridgehead atoms. The highest BCUT2D eigenvalue weighted by molar-refractivity contribution is 5.76. The number of aliphatic hydroxyl groups is 3. The van der Waals surface area contributed by atoms with E-state index in [0.717, 1.165) is 51.4 Å². The van der Waals surface area contributed by atoms with Crippen molar-refractivity contribution in [1.82, 2.24) is 5.32 Å². The first-order valence-electron chi connectivity index (χ1n) is 19.3. The minimum atomic E-state index is -0.953. The fraction of sp³-hybridized carbons (Fsp3) is 0.825. The predicted octanol–water partition coefficient (Wildman–Crippen LogP) is 10.4. The summed E-state index contributed by atoms with van der Waals surface area (Å²) in [5.74, 6) is -0.338. The largest absolute Gasteiger partial charge is 0.394 e. The van der Waals surface area contributed by atoms with Gasteiger partial charge in [-0.3, -0.25) is 4.79 Å². The molecule has 0 radical (unpaired) electrons. The number of allylic oxidation sites excluding steroid dienone is 5. The number of hydrogen-bond acceptors (Lipinski definition) is 4. The van der Waals surface area contributed by atoms with Gasteiger partial charge in [-0.2, -0.15) is 0 Å². The molecule has 4 N–H and O–H groups in total. The van der Waals surface area contributed by atoms with E-state index in [9.17, 15) is 20.1 Å². The topological polar surface area (TPSA) is 89.8 Å². The number of nitrogens with one attached hydrogen (secondary N) is 1. The van der Waals surface area contributed by atoms with Gasteiger partial charge in [0, 0.05) is 0 Å². The molecular formula is C40H75NO4. The van der Waals surface area contributed by atoms with Crippen molar-refractivity contribution >= 4 is 5.91 Å². The van der Waals surface area contributed by atoms with Gasteiger partial charge in [0.25, 0.3) is 0 Å². The monoisotopic (exact) mass is 634 g/mol. The molecule has 264 valence electrons. The van der Waals surface area contributed by atoms with E-state index >= 15 is 0 Å². The minimum Gasteiger partial charge on any atom is -0.394 e. The first kappa shape index (κ1) is 43.6. The van der Waals surface area contributed by atoms with Crippen molar-refractivity contribution in [3.63, 3.8) is 0 Å². The highest BCUT2D eigenvalue weighted by Crippen LogP contribution is 2.14. The van der Waals surface area contributed by atoms with Crippen molar-refractivity contribution in [3.05, 3.63) is 36.5 Å². The molecule has 0 saturated carbocycles. The molecule has 0 aliphatic rings. The zero-order valence-electron chi connectivity index (χ0n) is 29.7. The van der Waals surface area contributed by atoms with Gasteiger partial charge < -0.3 is 20.6 Å². The molecule has 0 spiro atoms. The lowest BCUT2D eigenvalue weighted by Gasteiger charge is -2.20. The van der Waals surface area contributed by atoms with Crippen molar-refractivity contribution in [2.45, 2.75) is 205 Å². The third-order valence-corrected chi connectivity index (χ3v) is 8.65. The third-order valence-electron chi connectivity index (χ3n) is 8.65. The van der Waals surface area contributed by atoms with E-state index in [2.05, 4.69) is 43.5 Å². The molecule has 5 nitrogen and oxygen atoms in total. The summed E-state index contributed by atoms with van der Waals surface area (Å²) in [5.41, 5.74) is 0. The smallest absolute Gasteiger partial charge is 0.222 e. The fourth-order valence-corrected chi connectivity index (χ4v) is 5.64. The molecule has 45 heavy (non-hydrogen) atoms. The number of rotatable bonds is 34. The number of unbranched alkanes of at least 4 members (excludes halogenated alkanes) is 21. The number of aliphatic hydroxyl groups excluding tert-OH is 3. The van der Waals surface area contributed by atoms with Crippen LogP contribution in [0.15, 0.2) is 36.5 Å². The average molecular weight is 634 g/mol. The summed E-state index contributed by atoms with van der Waals surface area (Å²) >= 11 is 0. The van der Waals surface area contributed by atoms with E-state index in [1.54, 1.807) is 6.08 Å². The summed E-state index contributed by atoms with van der Waals surface area (Å²) in [6, 6.07) is -0.763. The molecular weight excluding hydrogens is 558 g/mol.